The standard InChI is InChI=1S/C22H28N4/c23-21-9-5-19(6-10-21)15-25-13-17-1-2-18(4-3-17)14-26-16-20-7-11-22(24)12-8-20/h5-12,15-18H,1-4,13-14,23-24H2/b25-15+,26-16?. The molecule has 0 aliphatic heterocycles. The Hall–Kier alpha value is -2.62. The third kappa shape index (κ3) is 5.73. The third-order valence-electron chi connectivity index (χ3n) is 5.05. The van der Waals surface area contributed by atoms with Crippen LogP contribution < -0.4 is 11.5 Å². The molecule has 0 heterocycles. The van der Waals surface area contributed by atoms with Crippen LogP contribution in [0.2, 0.25) is 0 Å². The Labute approximate surface area is 156 Å². The summed E-state index contributed by atoms with van der Waals surface area (Å²) < 4.78 is 0. The normalized spacial score (nSPS) is 20.8. The first-order valence-electron chi connectivity index (χ1n) is 9.40. The van der Waals surface area contributed by atoms with E-state index in [1.807, 2.05) is 61.0 Å². The van der Waals surface area contributed by atoms with Crippen molar-refractivity contribution in [1.29, 1.82) is 0 Å². The fraction of sp³-hybridized carbons (Fsp3) is 0.364. The largest absolute Gasteiger partial charge is 0.399 e. The molecule has 1 aliphatic carbocycles. The topological polar surface area (TPSA) is 76.8 Å². The van der Waals surface area contributed by atoms with Crippen LogP contribution in [0.3, 0.4) is 0 Å². The minimum atomic E-state index is 0.706. The van der Waals surface area contributed by atoms with Crippen LogP contribution >= 0.6 is 0 Å². The van der Waals surface area contributed by atoms with Gasteiger partial charge in [-0.05, 0) is 72.9 Å². The number of nitrogens with zero attached hydrogens (tertiary/aromatic N) is 2. The molecule has 0 unspecified atom stereocenters. The molecule has 0 spiro atoms. The molecule has 4 N–H and O–H groups in total. The van der Waals surface area contributed by atoms with Crippen molar-refractivity contribution in [3.05, 3.63) is 59.7 Å². The van der Waals surface area contributed by atoms with Crippen molar-refractivity contribution in [3.8, 4) is 0 Å². The highest BCUT2D eigenvalue weighted by molar-refractivity contribution is 5.80. The lowest BCUT2D eigenvalue weighted by atomic mass is 9.82. The highest BCUT2D eigenvalue weighted by Crippen LogP contribution is 2.29. The monoisotopic (exact) mass is 348 g/mol. The predicted molar refractivity (Wildman–Crippen MR) is 112 cm³/mol. The first-order valence-corrected chi connectivity index (χ1v) is 9.40. The van der Waals surface area contributed by atoms with Crippen molar-refractivity contribution in [3.63, 3.8) is 0 Å². The average Bonchev–Trinajstić information content (AvgIpc) is 2.66. The molecule has 1 saturated carbocycles. The van der Waals surface area contributed by atoms with Crippen LogP contribution in [-0.4, -0.2) is 25.5 Å². The molecule has 1 aliphatic rings. The number of hydrogen-bond acceptors (Lipinski definition) is 4. The molecule has 0 amide bonds. The zero-order valence-corrected chi connectivity index (χ0v) is 15.2. The Balaban J connectivity index is 1.37. The van der Waals surface area contributed by atoms with Gasteiger partial charge in [-0.15, -0.1) is 0 Å². The second-order valence-corrected chi connectivity index (χ2v) is 7.21. The van der Waals surface area contributed by atoms with Crippen LogP contribution in [0.4, 0.5) is 11.4 Å². The predicted octanol–water partition coefficient (Wildman–Crippen LogP) is 4.20. The van der Waals surface area contributed by atoms with Crippen molar-refractivity contribution in [2.75, 3.05) is 24.6 Å². The quantitative estimate of drug-likeness (QED) is 0.606. The highest BCUT2D eigenvalue weighted by atomic mass is 14.7. The molecular formula is C22H28N4. The number of benzene rings is 2. The Bertz CT molecular complexity index is 658. The van der Waals surface area contributed by atoms with Gasteiger partial charge in [0.2, 0.25) is 0 Å². The van der Waals surface area contributed by atoms with Crippen molar-refractivity contribution in [1.82, 2.24) is 0 Å². The molecule has 0 atom stereocenters. The van der Waals surface area contributed by atoms with Gasteiger partial charge in [-0.3, -0.25) is 9.98 Å². The first-order chi connectivity index (χ1) is 12.7. The Morgan fingerprint density at radius 2 is 1.00 bits per heavy atom. The van der Waals surface area contributed by atoms with Gasteiger partial charge < -0.3 is 11.5 Å². The number of rotatable bonds is 6. The van der Waals surface area contributed by atoms with Gasteiger partial charge in [-0.1, -0.05) is 24.3 Å². The van der Waals surface area contributed by atoms with Crippen LogP contribution in [0.5, 0.6) is 0 Å². The van der Waals surface area contributed by atoms with Gasteiger partial charge >= 0.3 is 0 Å². The van der Waals surface area contributed by atoms with Crippen molar-refractivity contribution in [2.24, 2.45) is 21.8 Å². The average molecular weight is 348 g/mol. The van der Waals surface area contributed by atoms with Gasteiger partial charge in [0.15, 0.2) is 0 Å². The summed E-state index contributed by atoms with van der Waals surface area (Å²) in [6, 6.07) is 15.7. The van der Waals surface area contributed by atoms with E-state index in [2.05, 4.69) is 9.98 Å². The molecule has 4 nitrogen and oxygen atoms in total. The second-order valence-electron chi connectivity index (χ2n) is 7.21. The summed E-state index contributed by atoms with van der Waals surface area (Å²) in [5, 5.41) is 0. The fourth-order valence-electron chi connectivity index (χ4n) is 3.38. The number of nitrogens with two attached hydrogens (primary N) is 2. The fourth-order valence-corrected chi connectivity index (χ4v) is 3.38. The van der Waals surface area contributed by atoms with E-state index in [4.69, 9.17) is 11.5 Å². The minimum absolute atomic E-state index is 0.706. The van der Waals surface area contributed by atoms with E-state index < -0.39 is 0 Å². The molecule has 2 aromatic rings. The maximum Gasteiger partial charge on any atom is 0.0417 e. The van der Waals surface area contributed by atoms with E-state index in [0.29, 0.717) is 11.8 Å². The lowest BCUT2D eigenvalue weighted by Crippen LogP contribution is -2.18. The Kier molecular flexibility index (Phi) is 6.42. The van der Waals surface area contributed by atoms with Gasteiger partial charge in [0, 0.05) is 36.9 Å². The smallest absolute Gasteiger partial charge is 0.0417 e. The third-order valence-corrected chi connectivity index (χ3v) is 5.05. The maximum absolute atomic E-state index is 5.70. The van der Waals surface area contributed by atoms with E-state index in [0.717, 1.165) is 35.6 Å². The van der Waals surface area contributed by atoms with Crippen LogP contribution in [0.25, 0.3) is 0 Å². The van der Waals surface area contributed by atoms with E-state index >= 15 is 0 Å². The molecule has 3 rings (SSSR count). The second kappa shape index (κ2) is 9.18. The van der Waals surface area contributed by atoms with Crippen LogP contribution in [0.1, 0.15) is 36.8 Å². The summed E-state index contributed by atoms with van der Waals surface area (Å²) in [7, 11) is 0. The molecule has 2 aromatic carbocycles. The highest BCUT2D eigenvalue weighted by Gasteiger charge is 2.20. The molecule has 0 aromatic heterocycles. The molecule has 136 valence electrons. The van der Waals surface area contributed by atoms with Gasteiger partial charge in [-0.2, -0.15) is 0 Å². The van der Waals surface area contributed by atoms with E-state index in [9.17, 15) is 0 Å². The van der Waals surface area contributed by atoms with Crippen LogP contribution in [0.15, 0.2) is 58.5 Å². The minimum Gasteiger partial charge on any atom is -0.399 e. The SMILES string of the molecule is Nc1ccc(C=NCC2CCC(C/N=C/c3ccc(N)cc3)CC2)cc1. The van der Waals surface area contributed by atoms with Gasteiger partial charge in [-0.25, -0.2) is 0 Å². The summed E-state index contributed by atoms with van der Waals surface area (Å²) in [5.74, 6) is 1.41. The Morgan fingerprint density at radius 1 is 0.654 bits per heavy atom. The van der Waals surface area contributed by atoms with Gasteiger partial charge in [0.25, 0.3) is 0 Å². The Morgan fingerprint density at radius 3 is 1.35 bits per heavy atom. The molecule has 1 fully saturated rings. The van der Waals surface area contributed by atoms with Crippen LogP contribution in [0, 0.1) is 11.8 Å². The molecule has 0 saturated heterocycles. The summed E-state index contributed by atoms with van der Waals surface area (Å²) in [4.78, 5) is 9.25. The molecular weight excluding hydrogens is 320 g/mol. The van der Waals surface area contributed by atoms with Gasteiger partial charge in [0.1, 0.15) is 0 Å². The zero-order chi connectivity index (χ0) is 18.2. The van der Waals surface area contributed by atoms with E-state index in [1.165, 1.54) is 25.7 Å². The van der Waals surface area contributed by atoms with E-state index in [1.54, 1.807) is 0 Å². The summed E-state index contributed by atoms with van der Waals surface area (Å²) in [6.45, 7) is 1.84. The number of nitrogen functional groups attached to an aromatic ring is 2. The number of hydrogen-bond donors (Lipinski definition) is 2. The summed E-state index contributed by atoms with van der Waals surface area (Å²) in [6.07, 6.45) is 8.93. The number of anilines is 2. The number of aliphatic imine (C=N–C) groups is 2. The molecule has 4 heteroatoms. The first kappa shape index (κ1) is 18.2. The molecule has 0 bridgehead atoms. The van der Waals surface area contributed by atoms with E-state index in [-0.39, 0.29) is 0 Å². The summed E-state index contributed by atoms with van der Waals surface area (Å²) >= 11 is 0. The van der Waals surface area contributed by atoms with Crippen molar-refractivity contribution in [2.45, 2.75) is 25.7 Å². The summed E-state index contributed by atoms with van der Waals surface area (Å²) in [5.41, 5.74) is 15.2. The molecule has 0 radical (unpaired) electrons. The maximum atomic E-state index is 5.70. The lowest BCUT2D eigenvalue weighted by molar-refractivity contribution is 0.286. The van der Waals surface area contributed by atoms with Crippen LogP contribution in [-0.2, 0) is 0 Å². The van der Waals surface area contributed by atoms with Crippen molar-refractivity contribution >= 4 is 23.8 Å². The molecule has 26 heavy (non-hydrogen) atoms. The lowest BCUT2D eigenvalue weighted by Gasteiger charge is -2.26. The van der Waals surface area contributed by atoms with Crippen molar-refractivity contribution < 1.29 is 0 Å². The zero-order valence-electron chi connectivity index (χ0n) is 15.2. The van der Waals surface area contributed by atoms with Gasteiger partial charge in [0.05, 0.1) is 0 Å².